The summed E-state index contributed by atoms with van der Waals surface area (Å²) in [5, 5.41) is 9.30. The average Bonchev–Trinajstić information content (AvgIpc) is 2.53. The molecular weight excluding hydrogens is 352 g/mol. The third kappa shape index (κ3) is 2.67. The van der Waals surface area contributed by atoms with Crippen LogP contribution in [0.25, 0.3) is 21.9 Å². The maximum absolute atomic E-state index is 12.8. The highest BCUT2D eigenvalue weighted by atomic mass is 32.2. The van der Waals surface area contributed by atoms with E-state index in [2.05, 4.69) is 0 Å². The van der Waals surface area contributed by atoms with Crippen molar-refractivity contribution < 1.29 is 22.7 Å². The van der Waals surface area contributed by atoms with Gasteiger partial charge in [-0.1, -0.05) is 0 Å². The van der Waals surface area contributed by atoms with Gasteiger partial charge in [0.25, 0.3) is 0 Å². The zero-order valence-electron chi connectivity index (χ0n) is 12.7. The van der Waals surface area contributed by atoms with Gasteiger partial charge in [-0.3, -0.25) is 13.2 Å². The summed E-state index contributed by atoms with van der Waals surface area (Å²) in [4.78, 5) is 24.5. The van der Waals surface area contributed by atoms with Crippen LogP contribution in [-0.2, 0) is 21.6 Å². The van der Waals surface area contributed by atoms with Gasteiger partial charge in [0.15, 0.2) is 5.58 Å². The summed E-state index contributed by atoms with van der Waals surface area (Å²) in [6.45, 7) is 0. The third-order valence-corrected chi connectivity index (χ3v) is 5.42. The number of hydrogen-bond donors (Lipinski definition) is 1. The molecule has 0 saturated heterocycles. The number of rotatable bonds is 3. The fourth-order valence-corrected chi connectivity index (χ4v) is 3.76. The van der Waals surface area contributed by atoms with Crippen molar-refractivity contribution in [2.75, 3.05) is 12.5 Å². The SMILES string of the molecule is CS(=O)c1cc(S(C)=O)c2oc3ccc(C(=O)O)cc3c(=O)c2c1. The van der Waals surface area contributed by atoms with Crippen LogP contribution in [0, 0.1) is 0 Å². The fourth-order valence-electron chi connectivity index (χ4n) is 2.41. The molecule has 2 aromatic carbocycles. The highest BCUT2D eigenvalue weighted by Gasteiger charge is 2.17. The Morgan fingerprint density at radius 2 is 1.75 bits per heavy atom. The van der Waals surface area contributed by atoms with Crippen molar-refractivity contribution in [2.45, 2.75) is 9.79 Å². The molecule has 3 aromatic rings. The molecule has 1 aromatic heterocycles. The number of carbonyl (C=O) groups is 1. The summed E-state index contributed by atoms with van der Waals surface area (Å²) in [5.74, 6) is -1.16. The number of aromatic carboxylic acids is 1. The van der Waals surface area contributed by atoms with Gasteiger partial charge in [-0.05, 0) is 30.3 Å². The zero-order valence-corrected chi connectivity index (χ0v) is 14.3. The lowest BCUT2D eigenvalue weighted by atomic mass is 10.1. The Bertz CT molecular complexity index is 1110. The monoisotopic (exact) mass is 364 g/mol. The molecule has 2 atom stereocenters. The smallest absolute Gasteiger partial charge is 0.335 e. The second-order valence-electron chi connectivity index (χ2n) is 5.15. The van der Waals surface area contributed by atoms with Crippen molar-refractivity contribution in [3.63, 3.8) is 0 Å². The molecule has 3 rings (SSSR count). The maximum Gasteiger partial charge on any atom is 0.335 e. The van der Waals surface area contributed by atoms with Crippen LogP contribution >= 0.6 is 0 Å². The van der Waals surface area contributed by atoms with E-state index in [0.717, 1.165) is 0 Å². The molecule has 0 aliphatic rings. The molecule has 1 N–H and O–H groups in total. The van der Waals surface area contributed by atoms with Crippen molar-refractivity contribution >= 4 is 49.5 Å². The minimum absolute atomic E-state index is 0.0383. The van der Waals surface area contributed by atoms with Gasteiger partial charge in [-0.2, -0.15) is 0 Å². The van der Waals surface area contributed by atoms with E-state index in [0.29, 0.717) is 4.90 Å². The molecule has 6 nitrogen and oxygen atoms in total. The van der Waals surface area contributed by atoms with E-state index in [-0.39, 0.29) is 32.4 Å². The fraction of sp³-hybridized carbons (Fsp3) is 0.125. The highest BCUT2D eigenvalue weighted by Crippen LogP contribution is 2.27. The lowest BCUT2D eigenvalue weighted by molar-refractivity contribution is 0.0697. The van der Waals surface area contributed by atoms with Gasteiger partial charge in [-0.15, -0.1) is 0 Å². The van der Waals surface area contributed by atoms with Crippen LogP contribution < -0.4 is 5.43 Å². The second kappa shape index (κ2) is 5.95. The van der Waals surface area contributed by atoms with Gasteiger partial charge in [0.05, 0.1) is 32.0 Å². The molecule has 24 heavy (non-hydrogen) atoms. The van der Waals surface area contributed by atoms with Crippen molar-refractivity contribution in [1.29, 1.82) is 0 Å². The van der Waals surface area contributed by atoms with E-state index in [1.807, 2.05) is 0 Å². The molecule has 0 amide bonds. The first-order valence-electron chi connectivity index (χ1n) is 6.74. The molecule has 0 spiro atoms. The molecule has 0 radical (unpaired) electrons. The summed E-state index contributed by atoms with van der Waals surface area (Å²) in [7, 11) is -2.83. The Kier molecular flexibility index (Phi) is 4.10. The van der Waals surface area contributed by atoms with Gasteiger partial charge >= 0.3 is 5.97 Å². The van der Waals surface area contributed by atoms with Gasteiger partial charge in [-0.25, -0.2) is 4.79 Å². The Morgan fingerprint density at radius 1 is 1.04 bits per heavy atom. The van der Waals surface area contributed by atoms with Crippen LogP contribution in [0.1, 0.15) is 10.4 Å². The van der Waals surface area contributed by atoms with Gasteiger partial charge in [0, 0.05) is 28.2 Å². The molecule has 0 aliphatic carbocycles. The summed E-state index contributed by atoms with van der Waals surface area (Å²) < 4.78 is 29.5. The zero-order chi connectivity index (χ0) is 17.6. The Labute approximate surface area is 141 Å². The standard InChI is InChI=1S/C16H12O6S2/c1-23(20)9-6-11-14(17)10-5-8(16(18)19)3-4-12(10)22-15(11)13(7-9)24(2)21/h3-7H,1-2H3,(H,18,19). The van der Waals surface area contributed by atoms with E-state index in [1.54, 1.807) is 0 Å². The minimum atomic E-state index is -1.45. The second-order valence-corrected chi connectivity index (χ2v) is 7.88. The largest absolute Gasteiger partial charge is 0.478 e. The topological polar surface area (TPSA) is 102 Å². The molecule has 124 valence electrons. The van der Waals surface area contributed by atoms with Crippen molar-refractivity contribution in [3.8, 4) is 0 Å². The first kappa shape index (κ1) is 16.5. The van der Waals surface area contributed by atoms with Crippen molar-refractivity contribution in [3.05, 3.63) is 46.1 Å². The molecule has 0 aliphatic heterocycles. The molecule has 0 saturated carbocycles. The quantitative estimate of drug-likeness (QED) is 0.714. The predicted molar refractivity (Wildman–Crippen MR) is 91.6 cm³/mol. The lowest BCUT2D eigenvalue weighted by Gasteiger charge is -2.08. The maximum atomic E-state index is 12.8. The van der Waals surface area contributed by atoms with Crippen LogP contribution in [0.2, 0.25) is 0 Å². The molecule has 8 heteroatoms. The highest BCUT2D eigenvalue weighted by molar-refractivity contribution is 7.85. The molecule has 1 heterocycles. The third-order valence-electron chi connectivity index (χ3n) is 3.60. The predicted octanol–water partition coefficient (Wildman–Crippen LogP) is 2.12. The van der Waals surface area contributed by atoms with Crippen LogP contribution in [0.15, 0.2) is 49.3 Å². The van der Waals surface area contributed by atoms with Gasteiger partial charge < -0.3 is 9.52 Å². The van der Waals surface area contributed by atoms with Gasteiger partial charge in [0.1, 0.15) is 5.58 Å². The summed E-state index contributed by atoms with van der Waals surface area (Å²) in [5.41, 5.74) is -0.128. The molecule has 2 unspecified atom stereocenters. The number of fused-ring (bicyclic) bond motifs is 2. The Hall–Kier alpha value is -2.32. The minimum Gasteiger partial charge on any atom is -0.478 e. The number of carboxylic acid groups (broad SMARTS) is 1. The van der Waals surface area contributed by atoms with E-state index in [4.69, 9.17) is 9.52 Å². The van der Waals surface area contributed by atoms with Crippen molar-refractivity contribution in [2.24, 2.45) is 0 Å². The Balaban J connectivity index is 2.52. The summed E-state index contributed by atoms with van der Waals surface area (Å²) in [6.07, 6.45) is 2.89. The van der Waals surface area contributed by atoms with E-state index >= 15 is 0 Å². The van der Waals surface area contributed by atoms with Crippen LogP contribution in [-0.4, -0.2) is 32.0 Å². The molecule has 0 bridgehead atoms. The normalized spacial score (nSPS) is 13.9. The van der Waals surface area contributed by atoms with Crippen LogP contribution in [0.5, 0.6) is 0 Å². The van der Waals surface area contributed by atoms with Gasteiger partial charge in [0.2, 0.25) is 5.43 Å². The lowest BCUT2D eigenvalue weighted by Crippen LogP contribution is -2.07. The first-order chi connectivity index (χ1) is 11.3. The average molecular weight is 364 g/mol. The number of carboxylic acids is 1. The van der Waals surface area contributed by atoms with E-state index in [1.165, 1.54) is 42.8 Å². The van der Waals surface area contributed by atoms with Crippen molar-refractivity contribution in [1.82, 2.24) is 0 Å². The van der Waals surface area contributed by atoms with E-state index < -0.39 is 33.0 Å². The van der Waals surface area contributed by atoms with E-state index in [9.17, 15) is 18.0 Å². The van der Waals surface area contributed by atoms with Crippen LogP contribution in [0.4, 0.5) is 0 Å². The number of hydrogen-bond acceptors (Lipinski definition) is 5. The molecular formula is C16H12O6S2. The summed E-state index contributed by atoms with van der Waals surface area (Å²) in [6, 6.07) is 6.89. The molecule has 0 fully saturated rings. The van der Waals surface area contributed by atoms with Crippen LogP contribution in [0.3, 0.4) is 0 Å². The Morgan fingerprint density at radius 3 is 2.33 bits per heavy atom. The summed E-state index contributed by atoms with van der Waals surface area (Å²) >= 11 is 0. The number of benzene rings is 2. The first-order valence-corrected chi connectivity index (χ1v) is 9.86.